The fourth-order valence-corrected chi connectivity index (χ4v) is 5.64. The molecule has 7 heteroatoms. The van der Waals surface area contributed by atoms with Crippen molar-refractivity contribution in [2.45, 2.75) is 51.6 Å². The fourth-order valence-electron chi connectivity index (χ4n) is 5.64. The Morgan fingerprint density at radius 3 is 2.74 bits per heavy atom. The quantitative estimate of drug-likeness (QED) is 0.358. The number of amides is 1. The molecule has 2 aromatic carbocycles. The van der Waals surface area contributed by atoms with Gasteiger partial charge >= 0.3 is 0 Å². The van der Waals surface area contributed by atoms with Crippen molar-refractivity contribution in [3.05, 3.63) is 106 Å². The van der Waals surface area contributed by atoms with Gasteiger partial charge in [-0.15, -0.1) is 0 Å². The lowest BCUT2D eigenvalue weighted by Gasteiger charge is -2.20. The van der Waals surface area contributed by atoms with Gasteiger partial charge in [-0.2, -0.15) is 0 Å². The van der Waals surface area contributed by atoms with Crippen LogP contribution in [0, 0.1) is 24.1 Å². The van der Waals surface area contributed by atoms with Crippen molar-refractivity contribution in [2.75, 3.05) is 0 Å². The topological polar surface area (TPSA) is 75.7 Å². The van der Waals surface area contributed by atoms with Crippen LogP contribution in [0.5, 0.6) is 0 Å². The van der Waals surface area contributed by atoms with Gasteiger partial charge in [0.2, 0.25) is 5.62 Å². The number of hydrogen-bond acceptors (Lipinski definition) is 3. The molecule has 2 aromatic heterocycles. The van der Waals surface area contributed by atoms with E-state index < -0.39 is 0 Å². The summed E-state index contributed by atoms with van der Waals surface area (Å²) in [4.78, 5) is 18.3. The Labute approximate surface area is 221 Å². The third-order valence-electron chi connectivity index (χ3n) is 7.90. The number of fused-ring (bicyclic) bond motifs is 1. The monoisotopic (exact) mass is 509 g/mol. The first-order chi connectivity index (χ1) is 18.4. The van der Waals surface area contributed by atoms with Crippen LogP contribution in [-0.2, 0) is 26.4 Å². The average Bonchev–Trinajstić information content (AvgIpc) is 3.56. The van der Waals surface area contributed by atoms with Gasteiger partial charge in [-0.25, -0.2) is 4.39 Å². The fraction of sp³-hybridized carbons (Fsp3) is 0.323. The summed E-state index contributed by atoms with van der Waals surface area (Å²) in [6.45, 7) is 2.25. The Bertz CT molecular complexity index is 1600. The third-order valence-corrected chi connectivity index (χ3v) is 7.90. The summed E-state index contributed by atoms with van der Waals surface area (Å²) in [5.74, 6) is -0.00783. The van der Waals surface area contributed by atoms with Gasteiger partial charge in [0.25, 0.3) is 5.91 Å². The van der Waals surface area contributed by atoms with Crippen LogP contribution in [0.3, 0.4) is 0 Å². The molecule has 2 aliphatic rings. The number of aryl methyl sites for hydroxylation is 3. The molecule has 2 aliphatic carbocycles. The second-order valence-corrected chi connectivity index (χ2v) is 10.7. The second kappa shape index (κ2) is 9.71. The van der Waals surface area contributed by atoms with E-state index in [0.717, 1.165) is 60.1 Å². The summed E-state index contributed by atoms with van der Waals surface area (Å²) in [5.41, 5.74) is 8.01. The van der Waals surface area contributed by atoms with Crippen LogP contribution >= 0.6 is 0 Å². The first-order valence-electron chi connectivity index (χ1n) is 13.3. The van der Waals surface area contributed by atoms with E-state index in [9.17, 15) is 9.18 Å². The maximum atomic E-state index is 14.0. The van der Waals surface area contributed by atoms with E-state index in [1.807, 2.05) is 54.5 Å². The lowest BCUT2D eigenvalue weighted by molar-refractivity contribution is 0.0931. The Morgan fingerprint density at radius 1 is 1.16 bits per heavy atom. The number of imidazole rings is 1. The molecule has 1 amide bonds. The van der Waals surface area contributed by atoms with Crippen LogP contribution in [0.25, 0.3) is 11.1 Å². The molecule has 2 heterocycles. The van der Waals surface area contributed by atoms with E-state index in [1.165, 1.54) is 11.6 Å². The van der Waals surface area contributed by atoms with E-state index >= 15 is 0 Å². The zero-order valence-corrected chi connectivity index (χ0v) is 21.8. The number of nitrogens with zero attached hydrogens (tertiary/aromatic N) is 3. The normalized spacial score (nSPS) is 15.3. The molecule has 0 spiro atoms. The van der Waals surface area contributed by atoms with Gasteiger partial charge in [0.15, 0.2) is 0 Å². The first-order valence-corrected chi connectivity index (χ1v) is 13.3. The number of pyridine rings is 1. The Kier molecular flexibility index (Phi) is 6.22. The highest BCUT2D eigenvalue weighted by Crippen LogP contribution is 2.41. The van der Waals surface area contributed by atoms with E-state index in [2.05, 4.69) is 16.4 Å². The van der Waals surface area contributed by atoms with Crippen molar-refractivity contribution < 1.29 is 9.18 Å². The van der Waals surface area contributed by atoms with Crippen LogP contribution in [-0.4, -0.2) is 20.0 Å². The van der Waals surface area contributed by atoms with E-state index in [0.29, 0.717) is 29.2 Å². The minimum atomic E-state index is -0.232. The number of benzene rings is 2. The van der Waals surface area contributed by atoms with Gasteiger partial charge in [-0.05, 0) is 109 Å². The zero-order valence-electron chi connectivity index (χ0n) is 21.8. The number of carbonyl (C=O) groups excluding carboxylic acids is 1. The summed E-state index contributed by atoms with van der Waals surface area (Å²) < 4.78 is 17.6. The summed E-state index contributed by atoms with van der Waals surface area (Å²) in [6.07, 6.45) is 10.8. The van der Waals surface area contributed by atoms with Gasteiger partial charge < -0.3 is 14.5 Å². The lowest BCUT2D eigenvalue weighted by atomic mass is 9.95. The molecular formula is C31H32FN5O. The van der Waals surface area contributed by atoms with Gasteiger partial charge in [-0.3, -0.25) is 15.2 Å². The standard InChI is InChI=1S/C31H32FN5O/c1-19-14-22(8-9-27(19)32)29(21-6-7-21)35-30(38)24-16-20(18-37-13-12-36(2)31(37)33)15-23(17-24)25-10-11-34-28-5-3-4-26(25)28/h8-17,21,29,33H,3-7,18H2,1-2H3,(H,35,38)/t29-/m0/s1. The third kappa shape index (κ3) is 4.69. The lowest BCUT2D eigenvalue weighted by Crippen LogP contribution is -2.30. The van der Waals surface area contributed by atoms with Crippen molar-refractivity contribution in [3.8, 4) is 11.1 Å². The maximum absolute atomic E-state index is 14.0. The van der Waals surface area contributed by atoms with E-state index in [1.54, 1.807) is 17.6 Å². The molecule has 2 N–H and O–H groups in total. The summed E-state index contributed by atoms with van der Waals surface area (Å²) in [6, 6.07) is 13.1. The van der Waals surface area contributed by atoms with Gasteiger partial charge in [0.1, 0.15) is 5.82 Å². The van der Waals surface area contributed by atoms with E-state index in [4.69, 9.17) is 5.41 Å². The Balaban J connectivity index is 1.38. The molecule has 194 valence electrons. The molecule has 6 nitrogen and oxygen atoms in total. The number of halogens is 1. The SMILES string of the molecule is Cc1cc([C@@H](NC(=O)c2cc(Cn3ccn(C)c3=N)cc(-c3ccnc4c3CCC4)c2)C2CC2)ccc1F. The molecular weight excluding hydrogens is 477 g/mol. The number of hydrogen-bond donors (Lipinski definition) is 2. The Hall–Kier alpha value is -4.00. The average molecular weight is 510 g/mol. The van der Waals surface area contributed by atoms with E-state index in [-0.39, 0.29) is 17.8 Å². The highest BCUT2D eigenvalue weighted by atomic mass is 19.1. The minimum absolute atomic E-state index is 0.137. The first kappa shape index (κ1) is 24.3. The van der Waals surface area contributed by atoms with Gasteiger partial charge in [-0.1, -0.05) is 12.1 Å². The smallest absolute Gasteiger partial charge is 0.251 e. The van der Waals surface area contributed by atoms with Crippen molar-refractivity contribution in [1.29, 1.82) is 5.41 Å². The van der Waals surface area contributed by atoms with Crippen LogP contribution in [0.1, 0.15) is 63.6 Å². The molecule has 0 unspecified atom stereocenters. The Morgan fingerprint density at radius 2 is 2.00 bits per heavy atom. The highest BCUT2D eigenvalue weighted by molar-refractivity contribution is 5.96. The molecule has 0 bridgehead atoms. The molecule has 0 saturated heterocycles. The van der Waals surface area contributed by atoms with Crippen LogP contribution < -0.4 is 10.9 Å². The molecule has 0 aliphatic heterocycles. The summed E-state index contributed by atoms with van der Waals surface area (Å²) in [7, 11) is 1.85. The van der Waals surface area contributed by atoms with Crippen LogP contribution in [0.2, 0.25) is 0 Å². The minimum Gasteiger partial charge on any atom is -0.345 e. The molecule has 1 fully saturated rings. The second-order valence-electron chi connectivity index (χ2n) is 10.7. The van der Waals surface area contributed by atoms with Crippen molar-refractivity contribution in [2.24, 2.45) is 13.0 Å². The predicted molar refractivity (Wildman–Crippen MR) is 144 cm³/mol. The van der Waals surface area contributed by atoms with Gasteiger partial charge in [0.05, 0.1) is 12.6 Å². The molecule has 1 atom stereocenters. The van der Waals surface area contributed by atoms with Crippen molar-refractivity contribution >= 4 is 5.91 Å². The number of carbonyl (C=O) groups is 1. The number of rotatable bonds is 7. The summed E-state index contributed by atoms with van der Waals surface area (Å²) >= 11 is 0. The van der Waals surface area contributed by atoms with Crippen LogP contribution in [0.15, 0.2) is 61.1 Å². The van der Waals surface area contributed by atoms with Crippen LogP contribution in [0.4, 0.5) is 4.39 Å². The molecule has 6 rings (SSSR count). The number of aromatic nitrogens is 3. The molecule has 38 heavy (non-hydrogen) atoms. The van der Waals surface area contributed by atoms with Crippen molar-refractivity contribution in [3.63, 3.8) is 0 Å². The molecule has 4 aromatic rings. The van der Waals surface area contributed by atoms with Crippen molar-refractivity contribution in [1.82, 2.24) is 19.4 Å². The van der Waals surface area contributed by atoms with Gasteiger partial charge in [0, 0.05) is 36.9 Å². The largest absolute Gasteiger partial charge is 0.345 e. The molecule has 0 radical (unpaired) electrons. The molecule has 1 saturated carbocycles. The summed E-state index contributed by atoms with van der Waals surface area (Å²) in [5, 5.41) is 11.6. The highest BCUT2D eigenvalue weighted by Gasteiger charge is 2.34. The predicted octanol–water partition coefficient (Wildman–Crippen LogP) is 5.23. The maximum Gasteiger partial charge on any atom is 0.251 e. The number of nitrogens with one attached hydrogen (secondary N) is 2. The zero-order chi connectivity index (χ0) is 26.4.